The van der Waals surface area contributed by atoms with Crippen molar-refractivity contribution in [3.8, 4) is 5.75 Å². The van der Waals surface area contributed by atoms with Gasteiger partial charge in [-0.2, -0.15) is 5.10 Å². The maximum Gasteiger partial charge on any atom is 0.279 e. The largest absolute Gasteiger partial charge is 0.507 e. The number of carbonyl (C=O) groups is 1. The molecule has 0 bridgehead atoms. The Morgan fingerprint density at radius 3 is 2.53 bits per heavy atom. The van der Waals surface area contributed by atoms with Gasteiger partial charge in [-0.3, -0.25) is 14.9 Å². The molecule has 1 amide bonds. The number of aromatic hydroxyl groups is 1. The number of amides is 1. The van der Waals surface area contributed by atoms with E-state index in [0.717, 1.165) is 11.3 Å². The molecule has 3 aromatic carbocycles. The van der Waals surface area contributed by atoms with Gasteiger partial charge in [0, 0.05) is 23.3 Å². The van der Waals surface area contributed by atoms with Crippen LogP contribution in [0.3, 0.4) is 0 Å². The minimum Gasteiger partial charge on any atom is -0.507 e. The first-order chi connectivity index (χ1) is 14.5. The van der Waals surface area contributed by atoms with E-state index in [1.807, 2.05) is 48.5 Å². The molecule has 0 aromatic heterocycles. The van der Waals surface area contributed by atoms with Gasteiger partial charge in [0.2, 0.25) is 0 Å². The number of nitrogens with zero attached hydrogens (tertiary/aromatic N) is 4. The molecule has 0 fully saturated rings. The molecule has 8 heteroatoms. The van der Waals surface area contributed by atoms with Crippen molar-refractivity contribution in [1.82, 2.24) is 0 Å². The van der Waals surface area contributed by atoms with Crippen LogP contribution in [0.4, 0.5) is 11.4 Å². The predicted molar refractivity (Wildman–Crippen MR) is 113 cm³/mol. The molecule has 1 aliphatic heterocycles. The summed E-state index contributed by atoms with van der Waals surface area (Å²) < 4.78 is 0. The summed E-state index contributed by atoms with van der Waals surface area (Å²) in [4.78, 5) is 25.0. The van der Waals surface area contributed by atoms with E-state index in [4.69, 9.17) is 0 Å². The van der Waals surface area contributed by atoms with Gasteiger partial charge in [0.25, 0.3) is 11.6 Å². The Labute approximate surface area is 171 Å². The summed E-state index contributed by atoms with van der Waals surface area (Å²) in [6.07, 6.45) is 1.19. The molecule has 8 nitrogen and oxygen atoms in total. The second kappa shape index (κ2) is 7.96. The number of benzene rings is 3. The van der Waals surface area contributed by atoms with E-state index >= 15 is 0 Å². The van der Waals surface area contributed by atoms with Crippen LogP contribution in [0.2, 0.25) is 0 Å². The molecule has 3 aromatic rings. The van der Waals surface area contributed by atoms with Crippen molar-refractivity contribution in [2.75, 3.05) is 4.90 Å². The second-order valence-electron chi connectivity index (χ2n) is 6.59. The lowest BCUT2D eigenvalue weighted by Gasteiger charge is -2.16. The van der Waals surface area contributed by atoms with Crippen molar-refractivity contribution in [1.29, 1.82) is 0 Å². The zero-order valence-electron chi connectivity index (χ0n) is 15.7. The average Bonchev–Trinajstić information content (AvgIpc) is 3.01. The smallest absolute Gasteiger partial charge is 0.279 e. The van der Waals surface area contributed by atoms with E-state index in [1.54, 1.807) is 11.0 Å². The van der Waals surface area contributed by atoms with Crippen molar-refractivity contribution in [2.45, 2.75) is 6.54 Å². The molecule has 1 aliphatic rings. The Morgan fingerprint density at radius 2 is 1.77 bits per heavy atom. The minimum absolute atomic E-state index is 0.133. The molecule has 0 unspecified atom stereocenters. The molecule has 0 spiro atoms. The van der Waals surface area contributed by atoms with Crippen molar-refractivity contribution in [2.24, 2.45) is 10.2 Å². The summed E-state index contributed by atoms with van der Waals surface area (Å²) in [5.74, 6) is -0.464. The highest BCUT2D eigenvalue weighted by Gasteiger charge is 2.33. The van der Waals surface area contributed by atoms with Gasteiger partial charge in [-0.15, -0.1) is 5.10 Å². The van der Waals surface area contributed by atoms with Crippen molar-refractivity contribution in [3.63, 3.8) is 0 Å². The molecule has 0 saturated heterocycles. The number of phenolic OH excluding ortho intramolecular Hbond substituents is 1. The van der Waals surface area contributed by atoms with Gasteiger partial charge in [-0.25, -0.2) is 0 Å². The third kappa shape index (κ3) is 3.66. The minimum atomic E-state index is -0.569. The molecule has 0 aliphatic carbocycles. The number of non-ortho nitro benzene ring substituents is 1. The van der Waals surface area contributed by atoms with Gasteiger partial charge in [-0.1, -0.05) is 48.5 Å². The van der Waals surface area contributed by atoms with Crippen LogP contribution < -0.4 is 4.90 Å². The zero-order chi connectivity index (χ0) is 21.1. The zero-order valence-corrected chi connectivity index (χ0v) is 15.7. The van der Waals surface area contributed by atoms with E-state index < -0.39 is 4.92 Å². The van der Waals surface area contributed by atoms with Crippen LogP contribution in [-0.2, 0) is 11.3 Å². The van der Waals surface area contributed by atoms with Gasteiger partial charge in [0.05, 0.1) is 23.4 Å². The number of anilines is 1. The third-order valence-electron chi connectivity index (χ3n) is 4.66. The van der Waals surface area contributed by atoms with Crippen LogP contribution in [0.5, 0.6) is 5.75 Å². The highest BCUT2D eigenvalue weighted by atomic mass is 16.6. The summed E-state index contributed by atoms with van der Waals surface area (Å²) in [6, 6.07) is 20.5. The monoisotopic (exact) mass is 400 g/mol. The van der Waals surface area contributed by atoms with E-state index in [0.29, 0.717) is 12.1 Å². The van der Waals surface area contributed by atoms with Crippen LogP contribution >= 0.6 is 0 Å². The van der Waals surface area contributed by atoms with Gasteiger partial charge in [0.1, 0.15) is 5.75 Å². The van der Waals surface area contributed by atoms with Crippen molar-refractivity contribution < 1.29 is 14.8 Å². The lowest BCUT2D eigenvalue weighted by Crippen LogP contribution is -2.29. The molecular weight excluding hydrogens is 384 g/mol. The Morgan fingerprint density at radius 1 is 1.03 bits per heavy atom. The van der Waals surface area contributed by atoms with E-state index in [-0.39, 0.29) is 28.6 Å². The summed E-state index contributed by atoms with van der Waals surface area (Å²) in [5.41, 5.74) is 2.48. The molecule has 0 atom stereocenters. The van der Waals surface area contributed by atoms with Crippen LogP contribution in [0.1, 0.15) is 16.7 Å². The topological polar surface area (TPSA) is 108 Å². The Bertz CT molecular complexity index is 1190. The molecule has 30 heavy (non-hydrogen) atoms. The highest BCUT2D eigenvalue weighted by molar-refractivity contribution is 6.54. The van der Waals surface area contributed by atoms with Crippen LogP contribution in [-0.4, -0.2) is 27.9 Å². The van der Waals surface area contributed by atoms with E-state index in [2.05, 4.69) is 10.2 Å². The molecule has 1 N–H and O–H groups in total. The normalized spacial score (nSPS) is 14.5. The molecule has 4 rings (SSSR count). The van der Waals surface area contributed by atoms with Crippen LogP contribution in [0.15, 0.2) is 83.0 Å². The SMILES string of the molecule is O=C1/C(=N\N=C/c2cc([N+](=O)[O-])ccc2O)c2ccccc2N1Cc1ccccc1. The van der Waals surface area contributed by atoms with Gasteiger partial charge in [-0.05, 0) is 17.7 Å². The first kappa shape index (κ1) is 19.0. The fourth-order valence-electron chi connectivity index (χ4n) is 3.19. The molecule has 148 valence electrons. The maximum absolute atomic E-state index is 13.0. The molecule has 0 radical (unpaired) electrons. The predicted octanol–water partition coefficient (Wildman–Crippen LogP) is 3.67. The Kier molecular flexibility index (Phi) is 5.04. The van der Waals surface area contributed by atoms with Gasteiger partial charge >= 0.3 is 0 Å². The number of nitro groups is 1. The number of carbonyl (C=O) groups excluding carboxylic acids is 1. The molecule has 1 heterocycles. The molecule has 0 saturated carbocycles. The van der Waals surface area contributed by atoms with Crippen LogP contribution in [0, 0.1) is 10.1 Å². The summed E-state index contributed by atoms with van der Waals surface area (Å²) in [5, 5.41) is 28.8. The lowest BCUT2D eigenvalue weighted by molar-refractivity contribution is -0.384. The summed E-state index contributed by atoms with van der Waals surface area (Å²) in [6.45, 7) is 0.394. The van der Waals surface area contributed by atoms with Gasteiger partial charge < -0.3 is 10.0 Å². The summed E-state index contributed by atoms with van der Waals surface area (Å²) >= 11 is 0. The van der Waals surface area contributed by atoms with E-state index in [9.17, 15) is 20.0 Å². The Balaban J connectivity index is 1.65. The average molecular weight is 400 g/mol. The second-order valence-corrected chi connectivity index (χ2v) is 6.59. The number of fused-ring (bicyclic) bond motifs is 1. The van der Waals surface area contributed by atoms with Gasteiger partial charge in [0.15, 0.2) is 5.71 Å². The number of nitro benzene ring substituents is 1. The Hall–Kier alpha value is -4.33. The first-order valence-corrected chi connectivity index (χ1v) is 9.08. The fourth-order valence-corrected chi connectivity index (χ4v) is 3.19. The number of phenols is 1. The fraction of sp³-hybridized carbons (Fsp3) is 0.0455. The molecular formula is C22H16N4O4. The van der Waals surface area contributed by atoms with Crippen molar-refractivity contribution >= 4 is 29.2 Å². The van der Waals surface area contributed by atoms with Crippen molar-refractivity contribution in [3.05, 3.63) is 99.6 Å². The van der Waals surface area contributed by atoms with E-state index in [1.165, 1.54) is 24.4 Å². The maximum atomic E-state index is 13.0. The third-order valence-corrected chi connectivity index (χ3v) is 4.66. The highest BCUT2D eigenvalue weighted by Crippen LogP contribution is 2.30. The number of para-hydroxylation sites is 1. The lowest BCUT2D eigenvalue weighted by atomic mass is 10.1. The summed E-state index contributed by atoms with van der Waals surface area (Å²) in [7, 11) is 0. The number of hydrogen-bond acceptors (Lipinski definition) is 6. The first-order valence-electron chi connectivity index (χ1n) is 9.08. The standard InChI is InChI=1S/C22H16N4O4/c27-20-11-10-17(26(29)30)12-16(20)13-23-24-21-18-8-4-5-9-19(18)25(22(21)28)14-15-6-2-1-3-7-15/h1-13,27H,14H2/b23-13-,24-21-. The quantitative estimate of drug-likeness (QED) is 0.400. The number of rotatable bonds is 5. The number of hydrogen-bond donors (Lipinski definition) is 1. The van der Waals surface area contributed by atoms with Crippen LogP contribution in [0.25, 0.3) is 0 Å².